The van der Waals surface area contributed by atoms with Crippen molar-refractivity contribution in [3.05, 3.63) is 58.7 Å². The van der Waals surface area contributed by atoms with Gasteiger partial charge in [0.2, 0.25) is 5.95 Å². The van der Waals surface area contributed by atoms with Gasteiger partial charge in [-0.25, -0.2) is 9.97 Å². The summed E-state index contributed by atoms with van der Waals surface area (Å²) in [5.74, 6) is 1.06. The highest BCUT2D eigenvalue weighted by atomic mass is 19.4. The van der Waals surface area contributed by atoms with E-state index in [1.807, 2.05) is 0 Å². The van der Waals surface area contributed by atoms with Crippen LogP contribution in [0.2, 0.25) is 0 Å². The topological polar surface area (TPSA) is 81.2 Å². The fourth-order valence-electron chi connectivity index (χ4n) is 5.49. The lowest BCUT2D eigenvalue weighted by Crippen LogP contribution is -2.58. The van der Waals surface area contributed by atoms with E-state index in [-0.39, 0.29) is 18.9 Å². The van der Waals surface area contributed by atoms with Crippen LogP contribution in [0.5, 0.6) is 0 Å². The summed E-state index contributed by atoms with van der Waals surface area (Å²) in [5, 5.41) is 8.77. The number of alkyl halides is 6. The van der Waals surface area contributed by atoms with Gasteiger partial charge in [-0.15, -0.1) is 0 Å². The van der Waals surface area contributed by atoms with Crippen LogP contribution in [0.3, 0.4) is 0 Å². The van der Waals surface area contributed by atoms with Gasteiger partial charge in [-0.3, -0.25) is 5.32 Å². The minimum Gasteiger partial charge on any atom is -0.355 e. The van der Waals surface area contributed by atoms with Crippen LogP contribution in [0, 0.1) is 0 Å². The van der Waals surface area contributed by atoms with Crippen molar-refractivity contribution in [3.63, 3.8) is 0 Å². The van der Waals surface area contributed by atoms with E-state index in [1.54, 1.807) is 4.90 Å². The second-order valence-corrected chi connectivity index (χ2v) is 10.5. The smallest absolute Gasteiger partial charge is 0.355 e. The van der Waals surface area contributed by atoms with Crippen LogP contribution in [0.25, 0.3) is 0 Å². The zero-order valence-corrected chi connectivity index (χ0v) is 22.8. The van der Waals surface area contributed by atoms with Crippen LogP contribution in [0.4, 0.5) is 43.9 Å². The van der Waals surface area contributed by atoms with Crippen LogP contribution >= 0.6 is 0 Å². The number of pyridine rings is 1. The first-order valence-corrected chi connectivity index (χ1v) is 13.5. The van der Waals surface area contributed by atoms with Gasteiger partial charge in [-0.1, -0.05) is 0 Å². The Morgan fingerprint density at radius 3 is 2.32 bits per heavy atom. The van der Waals surface area contributed by atoms with Crippen molar-refractivity contribution in [1.82, 2.24) is 25.6 Å². The minimum absolute atomic E-state index is 0.141. The number of nitrogens with one attached hydrogen (secondary N) is 3. The molecule has 14 heteroatoms. The second-order valence-electron chi connectivity index (χ2n) is 10.5. The predicted molar refractivity (Wildman–Crippen MR) is 143 cm³/mol. The molecule has 0 aliphatic carbocycles. The van der Waals surface area contributed by atoms with Gasteiger partial charge in [-0.2, -0.15) is 31.3 Å². The number of anilines is 3. The molecule has 0 saturated carbocycles. The molecule has 1 unspecified atom stereocenters. The maximum atomic E-state index is 13.7. The summed E-state index contributed by atoms with van der Waals surface area (Å²) in [6.07, 6.45) is -1.72. The summed E-state index contributed by atoms with van der Waals surface area (Å²) in [6, 6.07) is 2.28. The first-order valence-electron chi connectivity index (χ1n) is 13.5. The highest BCUT2D eigenvalue weighted by Crippen LogP contribution is 2.38. The Hall–Kier alpha value is -3.55. The monoisotopic (exact) mass is 582 g/mol. The van der Waals surface area contributed by atoms with Gasteiger partial charge in [0.05, 0.1) is 16.8 Å². The lowest BCUT2D eigenvalue weighted by Gasteiger charge is -2.38. The number of aromatic nitrogens is 3. The van der Waals surface area contributed by atoms with E-state index < -0.39 is 29.2 Å². The zero-order chi connectivity index (χ0) is 29.4. The molecular formula is C27H32F6N8. The van der Waals surface area contributed by atoms with Gasteiger partial charge < -0.3 is 20.4 Å². The molecule has 3 aliphatic heterocycles. The Kier molecular flexibility index (Phi) is 7.79. The SMILES string of the molecule is CNC1(C)NC(Nc2nc(N3CCCCC3)nc3c2CCN(c2ncccc2C(F)(F)F)CC3)=CC=C1C(F)(F)F. The maximum absolute atomic E-state index is 13.7. The Balaban J connectivity index is 1.50. The third-order valence-corrected chi connectivity index (χ3v) is 7.76. The molecule has 0 spiro atoms. The number of hydrogen-bond acceptors (Lipinski definition) is 8. The van der Waals surface area contributed by atoms with Crippen LogP contribution in [-0.2, 0) is 19.0 Å². The highest BCUT2D eigenvalue weighted by molar-refractivity contribution is 5.58. The maximum Gasteiger partial charge on any atom is 0.419 e. The largest absolute Gasteiger partial charge is 0.419 e. The molecule has 1 atom stereocenters. The number of halogens is 6. The van der Waals surface area contributed by atoms with Crippen LogP contribution in [0.1, 0.15) is 43.0 Å². The average Bonchev–Trinajstić information content (AvgIpc) is 3.15. The van der Waals surface area contributed by atoms with Crippen LogP contribution < -0.4 is 25.8 Å². The van der Waals surface area contributed by atoms with Gasteiger partial charge in [0.25, 0.3) is 0 Å². The van der Waals surface area contributed by atoms with Crippen molar-refractivity contribution in [2.24, 2.45) is 0 Å². The molecule has 41 heavy (non-hydrogen) atoms. The number of hydrogen-bond donors (Lipinski definition) is 3. The molecule has 3 aliphatic rings. The molecule has 0 amide bonds. The molecule has 2 aromatic rings. The van der Waals surface area contributed by atoms with Gasteiger partial charge in [0, 0.05) is 44.4 Å². The molecule has 3 N–H and O–H groups in total. The fraction of sp³-hybridized carbons (Fsp3) is 0.519. The Labute approximate surface area is 233 Å². The molecule has 222 valence electrons. The molecule has 1 fully saturated rings. The first kappa shape index (κ1) is 29.0. The number of rotatable bonds is 5. The number of piperidine rings is 1. The molecule has 8 nitrogen and oxygen atoms in total. The predicted octanol–water partition coefficient (Wildman–Crippen LogP) is 4.77. The van der Waals surface area contributed by atoms with Gasteiger partial charge in [-0.05, 0) is 63.9 Å². The lowest BCUT2D eigenvalue weighted by molar-refractivity contribution is -0.137. The second kappa shape index (κ2) is 11.0. The van der Waals surface area contributed by atoms with E-state index in [4.69, 9.17) is 9.97 Å². The quantitative estimate of drug-likeness (QED) is 0.436. The van der Waals surface area contributed by atoms with E-state index in [0.29, 0.717) is 41.7 Å². The Morgan fingerprint density at radius 1 is 0.902 bits per heavy atom. The molecule has 1 saturated heterocycles. The van der Waals surface area contributed by atoms with Crippen molar-refractivity contribution in [3.8, 4) is 0 Å². The summed E-state index contributed by atoms with van der Waals surface area (Å²) < 4.78 is 82.3. The summed E-state index contributed by atoms with van der Waals surface area (Å²) in [5.41, 5.74) is -1.79. The number of nitrogens with zero attached hydrogens (tertiary/aromatic N) is 5. The molecular weight excluding hydrogens is 550 g/mol. The standard InChI is InChI=1S/C27H32F6N8/c1-25(34-2)20(27(31,32)33)8-9-21(39-25)37-22-17-10-15-40(23-18(26(28,29)30)7-6-12-35-23)16-11-19(17)36-24(38-22)41-13-4-3-5-14-41/h6-9,12,34,39H,3-5,10-11,13-16H2,1-2H3,(H,36,37,38). The number of dihydropyridines is 1. The summed E-state index contributed by atoms with van der Waals surface area (Å²) in [4.78, 5) is 17.3. The van der Waals surface area contributed by atoms with Crippen molar-refractivity contribution in [2.45, 2.75) is 57.0 Å². The molecule has 0 aromatic carbocycles. The minimum atomic E-state index is -4.56. The van der Waals surface area contributed by atoms with Crippen molar-refractivity contribution in [2.75, 3.05) is 48.3 Å². The highest BCUT2D eigenvalue weighted by Gasteiger charge is 2.46. The van der Waals surface area contributed by atoms with E-state index in [0.717, 1.165) is 44.5 Å². The molecule has 2 aromatic heterocycles. The van der Waals surface area contributed by atoms with E-state index in [9.17, 15) is 26.3 Å². The van der Waals surface area contributed by atoms with Gasteiger partial charge in [0.15, 0.2) is 0 Å². The van der Waals surface area contributed by atoms with E-state index >= 15 is 0 Å². The normalized spacial score (nSPS) is 21.9. The van der Waals surface area contributed by atoms with E-state index in [1.165, 1.54) is 32.3 Å². The number of likely N-dealkylation sites (N-methyl/N-ethyl adjacent to an activating group) is 1. The summed E-state index contributed by atoms with van der Waals surface area (Å²) in [7, 11) is 1.43. The Bertz CT molecular complexity index is 1330. The summed E-state index contributed by atoms with van der Waals surface area (Å²) in [6.45, 7) is 3.42. The van der Waals surface area contributed by atoms with Crippen LogP contribution in [0.15, 0.2) is 41.9 Å². The van der Waals surface area contributed by atoms with Crippen LogP contribution in [-0.4, -0.2) is 60.0 Å². The van der Waals surface area contributed by atoms with E-state index in [2.05, 4.69) is 25.8 Å². The third-order valence-electron chi connectivity index (χ3n) is 7.76. The van der Waals surface area contributed by atoms with Crippen molar-refractivity contribution in [1.29, 1.82) is 0 Å². The zero-order valence-electron chi connectivity index (χ0n) is 22.8. The Morgan fingerprint density at radius 2 is 1.63 bits per heavy atom. The lowest BCUT2D eigenvalue weighted by atomic mass is 9.97. The fourth-order valence-corrected chi connectivity index (χ4v) is 5.49. The number of fused-ring (bicyclic) bond motifs is 1. The van der Waals surface area contributed by atoms with Gasteiger partial charge >= 0.3 is 12.4 Å². The van der Waals surface area contributed by atoms with Gasteiger partial charge in [0.1, 0.15) is 23.1 Å². The number of allylic oxidation sites excluding steroid dienone is 2. The molecule has 0 radical (unpaired) electrons. The third kappa shape index (κ3) is 6.07. The first-order chi connectivity index (χ1) is 19.4. The average molecular weight is 583 g/mol. The molecule has 0 bridgehead atoms. The molecule has 5 rings (SSSR count). The van der Waals surface area contributed by atoms with Crippen molar-refractivity contribution < 1.29 is 26.3 Å². The van der Waals surface area contributed by atoms with Crippen molar-refractivity contribution >= 4 is 17.6 Å². The summed E-state index contributed by atoms with van der Waals surface area (Å²) >= 11 is 0. The molecule has 5 heterocycles.